The monoisotopic (exact) mass is 326 g/mol. The van der Waals surface area contributed by atoms with Crippen molar-refractivity contribution in [3.05, 3.63) is 100 Å². The molecule has 2 aliphatic carbocycles. The minimum absolute atomic E-state index is 0.327. The number of phenols is 1. The Morgan fingerprint density at radius 2 is 1.24 bits per heavy atom. The van der Waals surface area contributed by atoms with E-state index in [4.69, 9.17) is 0 Å². The third kappa shape index (κ3) is 2.38. The molecule has 2 aliphatic rings. The number of fused-ring (bicyclic) bond motifs is 2. The number of aromatic hydroxyl groups is 1. The van der Waals surface area contributed by atoms with E-state index in [0.29, 0.717) is 17.6 Å². The van der Waals surface area contributed by atoms with Crippen LogP contribution in [-0.2, 0) is 12.8 Å². The quantitative estimate of drug-likeness (QED) is 0.655. The summed E-state index contributed by atoms with van der Waals surface area (Å²) >= 11 is 0. The molecule has 2 atom stereocenters. The van der Waals surface area contributed by atoms with Gasteiger partial charge in [-0.05, 0) is 59.6 Å². The first-order valence-corrected chi connectivity index (χ1v) is 9.29. The highest BCUT2D eigenvalue weighted by molar-refractivity contribution is 5.51. The molecule has 0 bridgehead atoms. The second-order valence-corrected chi connectivity index (χ2v) is 7.40. The van der Waals surface area contributed by atoms with E-state index in [1.807, 2.05) is 6.07 Å². The predicted octanol–water partition coefficient (Wildman–Crippen LogP) is 5.55. The number of aryl methyl sites for hydroxylation is 2. The van der Waals surface area contributed by atoms with Crippen molar-refractivity contribution >= 4 is 0 Å². The molecule has 0 heterocycles. The summed E-state index contributed by atoms with van der Waals surface area (Å²) in [6, 6.07) is 23.8. The van der Waals surface area contributed by atoms with Crippen molar-refractivity contribution in [1.82, 2.24) is 0 Å². The molecule has 1 heteroatoms. The van der Waals surface area contributed by atoms with E-state index in [9.17, 15) is 5.11 Å². The van der Waals surface area contributed by atoms with Crippen LogP contribution >= 0.6 is 0 Å². The second kappa shape index (κ2) is 5.77. The summed E-state index contributed by atoms with van der Waals surface area (Å²) in [5.41, 5.74) is 8.22. The maximum Gasteiger partial charge on any atom is 0.119 e. The molecule has 0 fully saturated rings. The maximum absolute atomic E-state index is 10.6. The summed E-state index contributed by atoms with van der Waals surface area (Å²) in [5, 5.41) is 10.6. The Morgan fingerprint density at radius 1 is 0.640 bits per heavy atom. The molecule has 0 unspecified atom stereocenters. The lowest BCUT2D eigenvalue weighted by atomic mass is 9.86. The first-order valence-electron chi connectivity index (χ1n) is 9.29. The molecule has 0 aromatic heterocycles. The molecule has 5 rings (SSSR count). The molecule has 124 valence electrons. The van der Waals surface area contributed by atoms with E-state index in [2.05, 4.69) is 60.7 Å². The van der Waals surface area contributed by atoms with E-state index in [1.165, 1.54) is 34.2 Å². The van der Waals surface area contributed by atoms with Crippen molar-refractivity contribution in [2.75, 3.05) is 0 Å². The molecule has 0 radical (unpaired) electrons. The molecule has 0 amide bonds. The van der Waals surface area contributed by atoms with Crippen LogP contribution in [0.25, 0.3) is 0 Å². The molecular weight excluding hydrogens is 304 g/mol. The first kappa shape index (κ1) is 14.8. The molecule has 3 aromatic carbocycles. The van der Waals surface area contributed by atoms with Crippen LogP contribution < -0.4 is 0 Å². The molecule has 0 saturated carbocycles. The standard InChI is InChI=1S/C24H22O/c25-24-14-11-18(21-12-9-16-5-1-3-7-19(16)21)15-23(24)22-13-10-17-6-2-4-8-20(17)22/h1-8,11,14-15,21-22,25H,9-10,12-13H2/t21-,22+/m1/s1. The Morgan fingerprint density at radius 3 is 1.96 bits per heavy atom. The van der Waals surface area contributed by atoms with Gasteiger partial charge in [-0.1, -0.05) is 60.7 Å². The van der Waals surface area contributed by atoms with E-state index in [1.54, 1.807) is 0 Å². The van der Waals surface area contributed by atoms with Crippen molar-refractivity contribution in [3.63, 3.8) is 0 Å². The summed E-state index contributed by atoms with van der Waals surface area (Å²) in [6.45, 7) is 0. The predicted molar refractivity (Wildman–Crippen MR) is 101 cm³/mol. The summed E-state index contributed by atoms with van der Waals surface area (Å²) in [5.74, 6) is 1.23. The van der Waals surface area contributed by atoms with E-state index in [-0.39, 0.29) is 0 Å². The van der Waals surface area contributed by atoms with Crippen LogP contribution in [0.1, 0.15) is 58.1 Å². The van der Waals surface area contributed by atoms with E-state index in [0.717, 1.165) is 24.8 Å². The van der Waals surface area contributed by atoms with Gasteiger partial charge in [-0.15, -0.1) is 0 Å². The summed E-state index contributed by atoms with van der Waals surface area (Å²) in [7, 11) is 0. The second-order valence-electron chi connectivity index (χ2n) is 7.40. The molecule has 0 aliphatic heterocycles. The largest absolute Gasteiger partial charge is 0.508 e. The van der Waals surface area contributed by atoms with E-state index < -0.39 is 0 Å². The van der Waals surface area contributed by atoms with Crippen LogP contribution in [0.3, 0.4) is 0 Å². The van der Waals surface area contributed by atoms with Crippen molar-refractivity contribution in [2.24, 2.45) is 0 Å². The molecular formula is C24H22O. The van der Waals surface area contributed by atoms with Gasteiger partial charge < -0.3 is 5.11 Å². The molecule has 0 spiro atoms. The van der Waals surface area contributed by atoms with E-state index >= 15 is 0 Å². The van der Waals surface area contributed by atoms with Gasteiger partial charge >= 0.3 is 0 Å². The average molecular weight is 326 g/mol. The van der Waals surface area contributed by atoms with Gasteiger partial charge in [0.15, 0.2) is 0 Å². The van der Waals surface area contributed by atoms with Crippen molar-refractivity contribution in [1.29, 1.82) is 0 Å². The molecule has 1 N–H and O–H groups in total. The fourth-order valence-electron chi connectivity index (χ4n) is 4.85. The molecule has 25 heavy (non-hydrogen) atoms. The van der Waals surface area contributed by atoms with Gasteiger partial charge in [0, 0.05) is 17.4 Å². The summed E-state index contributed by atoms with van der Waals surface area (Å²) < 4.78 is 0. The minimum atomic E-state index is 0.327. The number of rotatable bonds is 2. The summed E-state index contributed by atoms with van der Waals surface area (Å²) in [4.78, 5) is 0. The normalized spacial score (nSPS) is 21.1. The lowest BCUT2D eigenvalue weighted by Crippen LogP contribution is -2.01. The Labute approximate surface area is 149 Å². The van der Waals surface area contributed by atoms with Crippen molar-refractivity contribution < 1.29 is 5.11 Å². The Hall–Kier alpha value is -2.54. The minimum Gasteiger partial charge on any atom is -0.508 e. The number of benzene rings is 3. The highest BCUT2D eigenvalue weighted by atomic mass is 16.3. The average Bonchev–Trinajstić information content (AvgIpc) is 3.26. The lowest BCUT2D eigenvalue weighted by molar-refractivity contribution is 0.464. The Kier molecular flexibility index (Phi) is 3.41. The van der Waals surface area contributed by atoms with Gasteiger partial charge in [0.1, 0.15) is 5.75 Å². The van der Waals surface area contributed by atoms with Crippen LogP contribution in [0.2, 0.25) is 0 Å². The highest BCUT2D eigenvalue weighted by Gasteiger charge is 2.28. The van der Waals surface area contributed by atoms with Gasteiger partial charge in [-0.2, -0.15) is 0 Å². The third-order valence-electron chi connectivity index (χ3n) is 6.10. The molecule has 0 saturated heterocycles. The lowest BCUT2D eigenvalue weighted by Gasteiger charge is -2.18. The highest BCUT2D eigenvalue weighted by Crippen LogP contribution is 2.44. The fourth-order valence-corrected chi connectivity index (χ4v) is 4.85. The van der Waals surface area contributed by atoms with Crippen molar-refractivity contribution in [3.8, 4) is 5.75 Å². The summed E-state index contributed by atoms with van der Waals surface area (Å²) in [6.07, 6.45) is 4.53. The van der Waals surface area contributed by atoms with Crippen LogP contribution in [0.4, 0.5) is 0 Å². The Balaban J connectivity index is 1.57. The van der Waals surface area contributed by atoms with Crippen LogP contribution in [0, 0.1) is 0 Å². The van der Waals surface area contributed by atoms with Crippen LogP contribution in [0.5, 0.6) is 5.75 Å². The third-order valence-corrected chi connectivity index (χ3v) is 6.10. The zero-order valence-electron chi connectivity index (χ0n) is 14.3. The fraction of sp³-hybridized carbons (Fsp3) is 0.250. The maximum atomic E-state index is 10.6. The van der Waals surface area contributed by atoms with Crippen LogP contribution in [0.15, 0.2) is 66.7 Å². The number of phenolic OH excluding ortho intramolecular Hbond substituents is 1. The molecule has 1 nitrogen and oxygen atoms in total. The van der Waals surface area contributed by atoms with Gasteiger partial charge in [-0.3, -0.25) is 0 Å². The number of hydrogen-bond acceptors (Lipinski definition) is 1. The molecule has 3 aromatic rings. The zero-order chi connectivity index (χ0) is 16.8. The van der Waals surface area contributed by atoms with Gasteiger partial charge in [-0.25, -0.2) is 0 Å². The Bertz CT molecular complexity index is 940. The van der Waals surface area contributed by atoms with Crippen molar-refractivity contribution in [2.45, 2.75) is 37.5 Å². The number of hydrogen-bond donors (Lipinski definition) is 1. The van der Waals surface area contributed by atoms with Crippen LogP contribution in [-0.4, -0.2) is 5.11 Å². The van der Waals surface area contributed by atoms with Gasteiger partial charge in [0.25, 0.3) is 0 Å². The van der Waals surface area contributed by atoms with Gasteiger partial charge in [0.2, 0.25) is 0 Å². The smallest absolute Gasteiger partial charge is 0.119 e. The topological polar surface area (TPSA) is 20.2 Å². The SMILES string of the molecule is Oc1ccc([C@H]2CCc3ccccc32)cc1[C@H]1CCc2ccccc21. The zero-order valence-corrected chi connectivity index (χ0v) is 14.3. The first-order chi connectivity index (χ1) is 12.3. The van der Waals surface area contributed by atoms with Gasteiger partial charge in [0.05, 0.1) is 0 Å².